The third-order valence-corrected chi connectivity index (χ3v) is 2.93. The third-order valence-electron chi connectivity index (χ3n) is 2.62. The number of nitrogens with two attached hydrogens (primary N) is 1. The maximum Gasteiger partial charge on any atom is 0.171 e. The van der Waals surface area contributed by atoms with Crippen molar-refractivity contribution in [3.63, 3.8) is 0 Å². The number of ether oxygens (including phenoxy) is 1. The highest BCUT2D eigenvalue weighted by Gasteiger charge is 2.08. The molecule has 0 spiro atoms. The summed E-state index contributed by atoms with van der Waals surface area (Å²) in [6, 6.07) is 5.41. The normalized spacial score (nSPS) is 11.6. The predicted octanol–water partition coefficient (Wildman–Crippen LogP) is 1.91. The van der Waals surface area contributed by atoms with Crippen LogP contribution >= 0.6 is 11.6 Å². The van der Waals surface area contributed by atoms with E-state index < -0.39 is 0 Å². The highest BCUT2D eigenvalue weighted by Crippen LogP contribution is 2.23. The number of amidine groups is 1. The molecule has 3 N–H and O–H groups in total. The van der Waals surface area contributed by atoms with Crippen molar-refractivity contribution < 1.29 is 9.94 Å². The molecule has 0 unspecified atom stereocenters. The van der Waals surface area contributed by atoms with Crippen LogP contribution < -0.4 is 10.6 Å². The van der Waals surface area contributed by atoms with E-state index in [0.717, 1.165) is 25.3 Å². The van der Waals surface area contributed by atoms with Crippen molar-refractivity contribution >= 4 is 23.1 Å². The first-order chi connectivity index (χ1) is 8.60. The average Bonchev–Trinajstić information content (AvgIpc) is 2.38. The number of nitrogens with zero attached hydrogens (tertiary/aromatic N) is 2. The Morgan fingerprint density at radius 2 is 2.28 bits per heavy atom. The minimum Gasteiger partial charge on any atom is -0.409 e. The van der Waals surface area contributed by atoms with Gasteiger partial charge >= 0.3 is 0 Å². The lowest BCUT2D eigenvalue weighted by atomic mass is 10.2. The van der Waals surface area contributed by atoms with Gasteiger partial charge < -0.3 is 20.6 Å². The van der Waals surface area contributed by atoms with Crippen molar-refractivity contribution in [2.75, 3.05) is 32.2 Å². The van der Waals surface area contributed by atoms with Crippen molar-refractivity contribution in [3.05, 3.63) is 28.8 Å². The molecule has 0 radical (unpaired) electrons. The molecule has 100 valence electrons. The standard InChI is InChI=1S/C12H18ClN3O2/c1-16(6-3-7-18-2)9-4-5-10(11(13)8-9)12(14)15-17/h4-5,8,17H,3,6-7H2,1-2H3,(H2,14,15). The molecule has 0 aliphatic heterocycles. The number of halogens is 1. The van der Waals surface area contributed by atoms with Crippen LogP contribution in [0.1, 0.15) is 12.0 Å². The second-order valence-electron chi connectivity index (χ2n) is 3.92. The second-order valence-corrected chi connectivity index (χ2v) is 4.32. The van der Waals surface area contributed by atoms with Gasteiger partial charge in [0.1, 0.15) is 0 Å². The summed E-state index contributed by atoms with van der Waals surface area (Å²) in [5, 5.41) is 12.0. The highest BCUT2D eigenvalue weighted by atomic mass is 35.5. The predicted molar refractivity (Wildman–Crippen MR) is 73.7 cm³/mol. The first-order valence-corrected chi connectivity index (χ1v) is 5.95. The fraction of sp³-hybridized carbons (Fsp3) is 0.417. The summed E-state index contributed by atoms with van der Waals surface area (Å²) in [6.07, 6.45) is 0.937. The summed E-state index contributed by atoms with van der Waals surface area (Å²) in [4.78, 5) is 2.07. The zero-order chi connectivity index (χ0) is 13.5. The Morgan fingerprint density at radius 1 is 1.56 bits per heavy atom. The Hall–Kier alpha value is -1.46. The second kappa shape index (κ2) is 7.08. The molecule has 6 heteroatoms. The number of benzene rings is 1. The number of hydrogen-bond acceptors (Lipinski definition) is 4. The van der Waals surface area contributed by atoms with Crippen LogP contribution in [0.4, 0.5) is 5.69 Å². The van der Waals surface area contributed by atoms with Crippen LogP contribution in [0.15, 0.2) is 23.4 Å². The van der Waals surface area contributed by atoms with Gasteiger partial charge in [-0.2, -0.15) is 0 Å². The lowest BCUT2D eigenvalue weighted by Crippen LogP contribution is -2.20. The molecular weight excluding hydrogens is 254 g/mol. The van der Waals surface area contributed by atoms with Gasteiger partial charge in [-0.15, -0.1) is 0 Å². The van der Waals surface area contributed by atoms with E-state index in [-0.39, 0.29) is 5.84 Å². The van der Waals surface area contributed by atoms with Gasteiger partial charge in [0, 0.05) is 38.6 Å². The van der Waals surface area contributed by atoms with Gasteiger partial charge in [0.2, 0.25) is 0 Å². The van der Waals surface area contributed by atoms with Gasteiger partial charge in [-0.1, -0.05) is 16.8 Å². The molecule has 0 saturated heterocycles. The summed E-state index contributed by atoms with van der Waals surface area (Å²) in [7, 11) is 3.66. The molecule has 0 atom stereocenters. The highest BCUT2D eigenvalue weighted by molar-refractivity contribution is 6.34. The summed E-state index contributed by atoms with van der Waals surface area (Å²) in [5.74, 6) is 0.00795. The average molecular weight is 272 g/mol. The van der Waals surface area contributed by atoms with Crippen molar-refractivity contribution in [2.45, 2.75) is 6.42 Å². The molecule has 0 bridgehead atoms. The third kappa shape index (κ3) is 3.78. The van der Waals surface area contributed by atoms with Gasteiger partial charge in [-0.25, -0.2) is 0 Å². The van der Waals surface area contributed by atoms with Gasteiger partial charge in [0.15, 0.2) is 5.84 Å². The van der Waals surface area contributed by atoms with Gasteiger partial charge in [-0.3, -0.25) is 0 Å². The SMILES string of the molecule is COCCCN(C)c1ccc(C(N)=NO)c(Cl)c1. The Morgan fingerprint density at radius 3 is 2.83 bits per heavy atom. The minimum atomic E-state index is 0.00795. The van der Waals surface area contributed by atoms with E-state index in [9.17, 15) is 0 Å². The van der Waals surface area contributed by atoms with Crippen LogP contribution in [0.5, 0.6) is 0 Å². The molecule has 1 rings (SSSR count). The first kappa shape index (κ1) is 14.6. The first-order valence-electron chi connectivity index (χ1n) is 5.57. The number of anilines is 1. The van der Waals surface area contributed by atoms with E-state index >= 15 is 0 Å². The molecule has 0 aliphatic rings. The fourth-order valence-electron chi connectivity index (χ4n) is 1.58. The smallest absolute Gasteiger partial charge is 0.171 e. The van der Waals surface area contributed by atoms with E-state index in [1.165, 1.54) is 0 Å². The van der Waals surface area contributed by atoms with Crippen molar-refractivity contribution in [2.24, 2.45) is 10.9 Å². The van der Waals surface area contributed by atoms with Crippen LogP contribution in [0.3, 0.4) is 0 Å². The van der Waals surface area contributed by atoms with Crippen LogP contribution in [-0.2, 0) is 4.74 Å². The van der Waals surface area contributed by atoms with Crippen LogP contribution in [0.25, 0.3) is 0 Å². The minimum absolute atomic E-state index is 0.00795. The number of methoxy groups -OCH3 is 1. The Labute approximate surface area is 112 Å². The maximum atomic E-state index is 8.61. The summed E-state index contributed by atoms with van der Waals surface area (Å²) >= 11 is 6.09. The summed E-state index contributed by atoms with van der Waals surface area (Å²) < 4.78 is 5.00. The largest absolute Gasteiger partial charge is 0.409 e. The van der Waals surface area contributed by atoms with Crippen molar-refractivity contribution in [1.82, 2.24) is 0 Å². The molecule has 0 aromatic heterocycles. The van der Waals surface area contributed by atoms with Gasteiger partial charge in [0.05, 0.1) is 5.02 Å². The quantitative estimate of drug-likeness (QED) is 0.273. The maximum absolute atomic E-state index is 8.61. The number of oxime groups is 1. The molecule has 0 saturated carbocycles. The molecule has 1 aromatic rings. The van der Waals surface area contributed by atoms with E-state index in [4.69, 9.17) is 27.3 Å². The van der Waals surface area contributed by atoms with Crippen LogP contribution in [0.2, 0.25) is 5.02 Å². The number of hydrogen-bond donors (Lipinski definition) is 2. The monoisotopic (exact) mass is 271 g/mol. The molecule has 0 aliphatic carbocycles. The lowest BCUT2D eigenvalue weighted by molar-refractivity contribution is 0.196. The van der Waals surface area contributed by atoms with Gasteiger partial charge in [0.25, 0.3) is 0 Å². The molecule has 0 fully saturated rings. The Balaban J connectivity index is 2.77. The van der Waals surface area contributed by atoms with Crippen LogP contribution in [-0.4, -0.2) is 38.4 Å². The van der Waals surface area contributed by atoms with E-state index in [1.54, 1.807) is 19.2 Å². The number of rotatable bonds is 6. The Bertz CT molecular complexity index is 424. The Kier molecular flexibility index (Phi) is 5.74. The fourth-order valence-corrected chi connectivity index (χ4v) is 1.85. The molecule has 0 amide bonds. The zero-order valence-corrected chi connectivity index (χ0v) is 11.3. The van der Waals surface area contributed by atoms with E-state index in [0.29, 0.717) is 10.6 Å². The molecular formula is C12H18ClN3O2. The molecule has 1 aromatic carbocycles. The summed E-state index contributed by atoms with van der Waals surface area (Å²) in [5.41, 5.74) is 7.00. The zero-order valence-electron chi connectivity index (χ0n) is 10.6. The topological polar surface area (TPSA) is 71.1 Å². The van der Waals surface area contributed by atoms with E-state index in [1.807, 2.05) is 13.1 Å². The lowest BCUT2D eigenvalue weighted by Gasteiger charge is -2.19. The van der Waals surface area contributed by atoms with Crippen molar-refractivity contribution in [3.8, 4) is 0 Å². The molecule has 0 heterocycles. The van der Waals surface area contributed by atoms with E-state index in [2.05, 4.69) is 10.1 Å². The van der Waals surface area contributed by atoms with Crippen molar-refractivity contribution in [1.29, 1.82) is 0 Å². The molecule has 5 nitrogen and oxygen atoms in total. The summed E-state index contributed by atoms with van der Waals surface area (Å²) in [6.45, 7) is 1.59. The molecule has 18 heavy (non-hydrogen) atoms. The van der Waals surface area contributed by atoms with Crippen LogP contribution in [0, 0.1) is 0 Å². The van der Waals surface area contributed by atoms with Gasteiger partial charge in [-0.05, 0) is 24.6 Å².